The third-order valence-corrected chi connectivity index (χ3v) is 2.00. The number of hydrogen-bond acceptors (Lipinski definition) is 3. The van der Waals surface area contributed by atoms with Crippen molar-refractivity contribution in [2.45, 2.75) is 12.7 Å². The first-order valence-corrected chi connectivity index (χ1v) is 4.41. The Labute approximate surface area is 82.2 Å². The lowest BCUT2D eigenvalue weighted by Crippen LogP contribution is -2.17. The van der Waals surface area contributed by atoms with Gasteiger partial charge < -0.3 is 15.5 Å². The van der Waals surface area contributed by atoms with Crippen molar-refractivity contribution in [2.75, 3.05) is 13.6 Å². The van der Waals surface area contributed by atoms with E-state index in [0.717, 1.165) is 0 Å². The van der Waals surface area contributed by atoms with Crippen LogP contribution in [0.1, 0.15) is 17.2 Å². The largest absolute Gasteiger partial charge is 0.392 e. The maximum absolute atomic E-state index is 13.2. The number of aliphatic hydroxyl groups is 2. The van der Waals surface area contributed by atoms with E-state index < -0.39 is 11.9 Å². The van der Waals surface area contributed by atoms with Gasteiger partial charge in [0.2, 0.25) is 0 Å². The van der Waals surface area contributed by atoms with Crippen molar-refractivity contribution < 1.29 is 14.6 Å². The van der Waals surface area contributed by atoms with Gasteiger partial charge in [-0.05, 0) is 24.7 Å². The molecule has 3 nitrogen and oxygen atoms in total. The Morgan fingerprint density at radius 2 is 2.21 bits per heavy atom. The van der Waals surface area contributed by atoms with Crippen molar-refractivity contribution in [1.82, 2.24) is 5.32 Å². The molecule has 0 heterocycles. The Bertz CT molecular complexity index is 304. The Balaban J connectivity index is 2.93. The van der Waals surface area contributed by atoms with Crippen molar-refractivity contribution in [1.29, 1.82) is 0 Å². The minimum absolute atomic E-state index is 0.153. The average Bonchev–Trinajstić information content (AvgIpc) is 2.19. The fourth-order valence-corrected chi connectivity index (χ4v) is 1.25. The standard InChI is InChI=1S/C10H14FNO2/c1-12-5-10(14)8-4-7(6-13)2-3-9(8)11/h2-4,10,12-14H,5-6H2,1H3. The Kier molecular flexibility index (Phi) is 4.00. The lowest BCUT2D eigenvalue weighted by atomic mass is 10.1. The van der Waals surface area contributed by atoms with Crippen LogP contribution in [0.5, 0.6) is 0 Å². The van der Waals surface area contributed by atoms with Crippen LogP contribution in [0.15, 0.2) is 18.2 Å². The van der Waals surface area contributed by atoms with Gasteiger partial charge in [-0.3, -0.25) is 0 Å². The molecule has 0 fully saturated rings. The van der Waals surface area contributed by atoms with E-state index in [9.17, 15) is 9.50 Å². The van der Waals surface area contributed by atoms with Crippen LogP contribution in [0.25, 0.3) is 0 Å². The number of benzene rings is 1. The summed E-state index contributed by atoms with van der Waals surface area (Å²) in [6, 6.07) is 4.21. The molecule has 0 amide bonds. The summed E-state index contributed by atoms with van der Waals surface area (Å²) in [4.78, 5) is 0. The second-order valence-electron chi connectivity index (χ2n) is 3.09. The predicted octanol–water partition coefficient (Wildman–Crippen LogP) is 0.571. The molecule has 3 N–H and O–H groups in total. The zero-order chi connectivity index (χ0) is 10.6. The highest BCUT2D eigenvalue weighted by atomic mass is 19.1. The van der Waals surface area contributed by atoms with Crippen molar-refractivity contribution in [2.24, 2.45) is 0 Å². The van der Waals surface area contributed by atoms with Gasteiger partial charge in [0.05, 0.1) is 12.7 Å². The molecule has 0 radical (unpaired) electrons. The normalized spacial score (nSPS) is 12.9. The van der Waals surface area contributed by atoms with E-state index in [1.807, 2.05) is 0 Å². The summed E-state index contributed by atoms with van der Waals surface area (Å²) in [5.74, 6) is -0.454. The number of nitrogens with one attached hydrogen (secondary N) is 1. The smallest absolute Gasteiger partial charge is 0.129 e. The minimum Gasteiger partial charge on any atom is -0.392 e. The molecule has 0 aliphatic rings. The summed E-state index contributed by atoms with van der Waals surface area (Å²) < 4.78 is 13.2. The highest BCUT2D eigenvalue weighted by Crippen LogP contribution is 2.18. The van der Waals surface area contributed by atoms with Crippen LogP contribution in [-0.2, 0) is 6.61 Å². The molecule has 1 atom stereocenters. The summed E-state index contributed by atoms with van der Waals surface area (Å²) in [7, 11) is 1.68. The maximum Gasteiger partial charge on any atom is 0.129 e. The Hall–Kier alpha value is -0.970. The van der Waals surface area contributed by atoms with Crippen molar-refractivity contribution in [3.05, 3.63) is 35.1 Å². The van der Waals surface area contributed by atoms with Crippen LogP contribution in [-0.4, -0.2) is 23.8 Å². The van der Waals surface area contributed by atoms with E-state index >= 15 is 0 Å². The molecular weight excluding hydrogens is 185 g/mol. The zero-order valence-corrected chi connectivity index (χ0v) is 8.00. The van der Waals surface area contributed by atoms with E-state index in [0.29, 0.717) is 5.56 Å². The molecule has 0 spiro atoms. The highest BCUT2D eigenvalue weighted by Gasteiger charge is 2.12. The second-order valence-corrected chi connectivity index (χ2v) is 3.09. The van der Waals surface area contributed by atoms with Crippen LogP contribution in [0.2, 0.25) is 0 Å². The van der Waals surface area contributed by atoms with Gasteiger partial charge in [-0.15, -0.1) is 0 Å². The number of aliphatic hydroxyl groups excluding tert-OH is 2. The monoisotopic (exact) mass is 199 g/mol. The molecule has 0 saturated carbocycles. The molecule has 14 heavy (non-hydrogen) atoms. The first-order valence-electron chi connectivity index (χ1n) is 4.41. The predicted molar refractivity (Wildman–Crippen MR) is 51.2 cm³/mol. The molecule has 78 valence electrons. The number of halogens is 1. The fraction of sp³-hybridized carbons (Fsp3) is 0.400. The van der Waals surface area contributed by atoms with E-state index in [1.54, 1.807) is 7.05 Å². The quantitative estimate of drug-likeness (QED) is 0.664. The highest BCUT2D eigenvalue weighted by molar-refractivity contribution is 5.26. The topological polar surface area (TPSA) is 52.5 Å². The molecule has 0 saturated heterocycles. The number of likely N-dealkylation sites (N-methyl/N-ethyl adjacent to an activating group) is 1. The fourth-order valence-electron chi connectivity index (χ4n) is 1.25. The van der Waals surface area contributed by atoms with Gasteiger partial charge in [-0.2, -0.15) is 0 Å². The molecule has 0 bridgehead atoms. The lowest BCUT2D eigenvalue weighted by molar-refractivity contribution is 0.172. The van der Waals surface area contributed by atoms with Crippen LogP contribution >= 0.6 is 0 Å². The van der Waals surface area contributed by atoms with Gasteiger partial charge in [0, 0.05) is 12.1 Å². The molecule has 4 heteroatoms. The van der Waals surface area contributed by atoms with E-state index in [1.165, 1.54) is 18.2 Å². The molecule has 0 aromatic heterocycles. The van der Waals surface area contributed by atoms with Gasteiger partial charge in [-0.25, -0.2) is 4.39 Å². The van der Waals surface area contributed by atoms with E-state index in [-0.39, 0.29) is 18.7 Å². The number of hydrogen-bond donors (Lipinski definition) is 3. The summed E-state index contributed by atoms with van der Waals surface area (Å²) >= 11 is 0. The van der Waals surface area contributed by atoms with Crippen molar-refractivity contribution >= 4 is 0 Å². The van der Waals surface area contributed by atoms with Crippen LogP contribution in [0.3, 0.4) is 0 Å². The first-order chi connectivity index (χ1) is 6.69. The summed E-state index contributed by atoms with van der Waals surface area (Å²) in [6.45, 7) is 0.130. The van der Waals surface area contributed by atoms with E-state index in [4.69, 9.17) is 5.11 Å². The molecule has 1 unspecified atom stereocenters. The van der Waals surface area contributed by atoms with Gasteiger partial charge in [0.25, 0.3) is 0 Å². The maximum atomic E-state index is 13.2. The minimum atomic E-state index is -0.883. The molecular formula is C10H14FNO2. The zero-order valence-electron chi connectivity index (χ0n) is 8.00. The van der Waals surface area contributed by atoms with Gasteiger partial charge in [-0.1, -0.05) is 6.07 Å². The summed E-state index contributed by atoms with van der Waals surface area (Å²) in [5, 5.41) is 21.1. The molecule has 1 rings (SSSR count). The Morgan fingerprint density at radius 3 is 2.79 bits per heavy atom. The van der Waals surface area contributed by atoms with Crippen LogP contribution < -0.4 is 5.32 Å². The van der Waals surface area contributed by atoms with Crippen molar-refractivity contribution in [3.63, 3.8) is 0 Å². The van der Waals surface area contributed by atoms with E-state index in [2.05, 4.69) is 5.32 Å². The van der Waals surface area contributed by atoms with Gasteiger partial charge in [0.1, 0.15) is 5.82 Å². The van der Waals surface area contributed by atoms with Crippen LogP contribution in [0.4, 0.5) is 4.39 Å². The van der Waals surface area contributed by atoms with Gasteiger partial charge in [0.15, 0.2) is 0 Å². The molecule has 0 aliphatic heterocycles. The molecule has 1 aromatic rings. The number of rotatable bonds is 4. The molecule has 1 aromatic carbocycles. The first kappa shape index (κ1) is 11.1. The molecule has 0 aliphatic carbocycles. The second kappa shape index (κ2) is 5.05. The third kappa shape index (κ3) is 2.51. The van der Waals surface area contributed by atoms with Crippen molar-refractivity contribution in [3.8, 4) is 0 Å². The SMILES string of the molecule is CNCC(O)c1cc(CO)ccc1F. The summed E-state index contributed by atoms with van der Waals surface area (Å²) in [5.41, 5.74) is 0.808. The lowest BCUT2D eigenvalue weighted by Gasteiger charge is -2.12. The van der Waals surface area contributed by atoms with Gasteiger partial charge >= 0.3 is 0 Å². The average molecular weight is 199 g/mol. The Morgan fingerprint density at radius 1 is 1.50 bits per heavy atom. The summed E-state index contributed by atoms with van der Waals surface area (Å²) in [6.07, 6.45) is -0.883. The van der Waals surface area contributed by atoms with Crippen LogP contribution in [0, 0.1) is 5.82 Å². The third-order valence-electron chi connectivity index (χ3n) is 2.00.